The van der Waals surface area contributed by atoms with E-state index < -0.39 is 0 Å². The first-order valence-corrected chi connectivity index (χ1v) is 6.90. The third-order valence-electron chi connectivity index (χ3n) is 3.14. The fraction of sp³-hybridized carbons (Fsp3) is 0.438. The van der Waals surface area contributed by atoms with Gasteiger partial charge in [-0.1, -0.05) is 38.3 Å². The number of hydrogen-bond donors (Lipinski definition) is 0. The maximum absolute atomic E-state index is 11.7. The molecule has 3 nitrogen and oxygen atoms in total. The number of carbonyl (C=O) groups is 1. The summed E-state index contributed by atoms with van der Waals surface area (Å²) in [5, 5.41) is 0. The van der Waals surface area contributed by atoms with Gasteiger partial charge in [-0.05, 0) is 30.2 Å². The van der Waals surface area contributed by atoms with E-state index >= 15 is 0 Å². The van der Waals surface area contributed by atoms with Gasteiger partial charge in [0.25, 0.3) is 0 Å². The number of ether oxygens (including phenoxy) is 2. The number of rotatable bonds is 7. The Morgan fingerprint density at radius 2 is 2.05 bits per heavy atom. The molecule has 19 heavy (non-hydrogen) atoms. The maximum Gasteiger partial charge on any atom is 0.231 e. The zero-order valence-electron chi connectivity index (χ0n) is 11.4. The molecule has 102 valence electrons. The van der Waals surface area contributed by atoms with E-state index in [1.807, 2.05) is 24.3 Å². The Hall–Kier alpha value is -1.77. The summed E-state index contributed by atoms with van der Waals surface area (Å²) in [5.41, 5.74) is 0.964. The van der Waals surface area contributed by atoms with Crippen LogP contribution in [0.5, 0.6) is 11.5 Å². The van der Waals surface area contributed by atoms with Crippen LogP contribution in [0.2, 0.25) is 0 Å². The van der Waals surface area contributed by atoms with Gasteiger partial charge in [-0.2, -0.15) is 0 Å². The minimum absolute atomic E-state index is 0.189. The molecule has 0 saturated heterocycles. The van der Waals surface area contributed by atoms with E-state index in [1.165, 1.54) is 12.8 Å². The van der Waals surface area contributed by atoms with Crippen molar-refractivity contribution in [1.82, 2.24) is 0 Å². The molecule has 0 radical (unpaired) electrons. The van der Waals surface area contributed by atoms with Crippen LogP contribution in [0, 0.1) is 0 Å². The van der Waals surface area contributed by atoms with Crippen LogP contribution in [0.3, 0.4) is 0 Å². The second kappa shape index (κ2) is 6.98. The highest BCUT2D eigenvalue weighted by molar-refractivity contribution is 5.93. The summed E-state index contributed by atoms with van der Waals surface area (Å²) < 4.78 is 10.5. The molecule has 0 atom stereocenters. The topological polar surface area (TPSA) is 35.5 Å². The number of carbonyl (C=O) groups excluding carboxylic acids is 1. The zero-order chi connectivity index (χ0) is 13.5. The normalized spacial score (nSPS) is 13.1. The van der Waals surface area contributed by atoms with E-state index in [0.29, 0.717) is 6.42 Å². The predicted octanol–water partition coefficient (Wildman–Crippen LogP) is 3.97. The van der Waals surface area contributed by atoms with E-state index in [1.54, 1.807) is 6.08 Å². The van der Waals surface area contributed by atoms with Crippen molar-refractivity contribution < 1.29 is 14.3 Å². The highest BCUT2D eigenvalue weighted by Crippen LogP contribution is 2.32. The molecule has 1 aliphatic heterocycles. The third-order valence-corrected chi connectivity index (χ3v) is 3.14. The van der Waals surface area contributed by atoms with E-state index in [0.717, 1.165) is 29.9 Å². The molecule has 0 N–H and O–H groups in total. The van der Waals surface area contributed by atoms with Gasteiger partial charge in [0.05, 0.1) is 0 Å². The van der Waals surface area contributed by atoms with Crippen LogP contribution < -0.4 is 9.47 Å². The summed E-state index contributed by atoms with van der Waals surface area (Å²) in [4.78, 5) is 11.7. The van der Waals surface area contributed by atoms with Crippen molar-refractivity contribution in [3.8, 4) is 11.5 Å². The van der Waals surface area contributed by atoms with Gasteiger partial charge >= 0.3 is 0 Å². The molecule has 0 aliphatic carbocycles. The van der Waals surface area contributed by atoms with Crippen LogP contribution in [0.4, 0.5) is 0 Å². The average molecular weight is 260 g/mol. The van der Waals surface area contributed by atoms with E-state index in [9.17, 15) is 4.79 Å². The van der Waals surface area contributed by atoms with Crippen molar-refractivity contribution in [3.63, 3.8) is 0 Å². The molecule has 1 aliphatic rings. The number of benzene rings is 1. The van der Waals surface area contributed by atoms with E-state index in [4.69, 9.17) is 9.47 Å². The minimum Gasteiger partial charge on any atom is -0.454 e. The summed E-state index contributed by atoms with van der Waals surface area (Å²) in [7, 11) is 0. The standard InChI is InChI=1S/C16H20O3/c1-2-3-4-5-6-14(17)9-7-13-8-10-15-16(11-13)19-12-18-15/h7-11H,2-6,12H2,1H3/b9-7+. The fourth-order valence-corrected chi connectivity index (χ4v) is 2.02. The first kappa shape index (κ1) is 13.7. The molecule has 0 amide bonds. The Bertz CT molecular complexity index is 463. The molecule has 0 aromatic heterocycles. The van der Waals surface area contributed by atoms with Gasteiger partial charge in [0.15, 0.2) is 17.3 Å². The molecular formula is C16H20O3. The lowest BCUT2D eigenvalue weighted by Gasteiger charge is -1.98. The Balaban J connectivity index is 1.83. The van der Waals surface area contributed by atoms with Gasteiger partial charge < -0.3 is 9.47 Å². The molecule has 0 bridgehead atoms. The predicted molar refractivity (Wildman–Crippen MR) is 75.4 cm³/mol. The monoisotopic (exact) mass is 260 g/mol. The summed E-state index contributed by atoms with van der Waals surface area (Å²) in [6.07, 6.45) is 8.66. The maximum atomic E-state index is 11.7. The number of fused-ring (bicyclic) bond motifs is 1. The lowest BCUT2D eigenvalue weighted by molar-refractivity contribution is -0.114. The Labute approximate surface area is 114 Å². The molecule has 0 saturated carbocycles. The Morgan fingerprint density at radius 1 is 1.21 bits per heavy atom. The molecule has 1 heterocycles. The summed E-state index contributed by atoms with van der Waals surface area (Å²) in [6.45, 7) is 2.44. The van der Waals surface area contributed by atoms with Gasteiger partial charge in [-0.15, -0.1) is 0 Å². The minimum atomic E-state index is 0.189. The van der Waals surface area contributed by atoms with Crippen molar-refractivity contribution in [2.24, 2.45) is 0 Å². The van der Waals surface area contributed by atoms with Gasteiger partial charge in [0.2, 0.25) is 6.79 Å². The quantitative estimate of drug-likeness (QED) is 0.549. The van der Waals surface area contributed by atoms with Crippen molar-refractivity contribution in [2.45, 2.75) is 39.0 Å². The summed E-state index contributed by atoms with van der Waals surface area (Å²) in [5.74, 6) is 1.70. The van der Waals surface area contributed by atoms with Crippen molar-refractivity contribution in [2.75, 3.05) is 6.79 Å². The summed E-state index contributed by atoms with van der Waals surface area (Å²) in [6, 6.07) is 5.69. The molecule has 0 spiro atoms. The summed E-state index contributed by atoms with van der Waals surface area (Å²) >= 11 is 0. The highest BCUT2D eigenvalue weighted by atomic mass is 16.7. The number of ketones is 1. The van der Waals surface area contributed by atoms with Gasteiger partial charge in [-0.3, -0.25) is 4.79 Å². The Morgan fingerprint density at radius 3 is 2.89 bits per heavy atom. The highest BCUT2D eigenvalue weighted by Gasteiger charge is 2.12. The largest absolute Gasteiger partial charge is 0.454 e. The molecule has 3 heteroatoms. The second-order valence-corrected chi connectivity index (χ2v) is 4.72. The van der Waals surface area contributed by atoms with Crippen LogP contribution in [-0.2, 0) is 4.79 Å². The number of allylic oxidation sites excluding steroid dienone is 1. The first-order chi connectivity index (χ1) is 9.29. The Kier molecular flexibility index (Phi) is 5.01. The van der Waals surface area contributed by atoms with Gasteiger partial charge in [0.1, 0.15) is 0 Å². The lowest BCUT2D eigenvalue weighted by Crippen LogP contribution is -1.93. The fourth-order valence-electron chi connectivity index (χ4n) is 2.02. The first-order valence-electron chi connectivity index (χ1n) is 6.90. The number of unbranched alkanes of at least 4 members (excludes halogenated alkanes) is 3. The van der Waals surface area contributed by atoms with Crippen LogP contribution in [-0.4, -0.2) is 12.6 Å². The van der Waals surface area contributed by atoms with Crippen molar-refractivity contribution >= 4 is 11.9 Å². The molecule has 1 aromatic rings. The van der Waals surface area contributed by atoms with Crippen LogP contribution in [0.25, 0.3) is 6.08 Å². The molecule has 0 fully saturated rings. The third kappa shape index (κ3) is 4.12. The van der Waals surface area contributed by atoms with Crippen molar-refractivity contribution in [3.05, 3.63) is 29.8 Å². The van der Waals surface area contributed by atoms with Crippen LogP contribution in [0.1, 0.15) is 44.6 Å². The lowest BCUT2D eigenvalue weighted by atomic mass is 10.1. The smallest absolute Gasteiger partial charge is 0.231 e. The van der Waals surface area contributed by atoms with E-state index in [2.05, 4.69) is 6.92 Å². The zero-order valence-corrected chi connectivity index (χ0v) is 11.4. The van der Waals surface area contributed by atoms with E-state index in [-0.39, 0.29) is 12.6 Å². The van der Waals surface area contributed by atoms with Crippen LogP contribution >= 0.6 is 0 Å². The van der Waals surface area contributed by atoms with Crippen molar-refractivity contribution in [1.29, 1.82) is 0 Å². The molecule has 2 rings (SSSR count). The van der Waals surface area contributed by atoms with Gasteiger partial charge in [-0.25, -0.2) is 0 Å². The molecule has 0 unspecified atom stereocenters. The van der Waals surface area contributed by atoms with Crippen LogP contribution in [0.15, 0.2) is 24.3 Å². The number of hydrogen-bond acceptors (Lipinski definition) is 3. The average Bonchev–Trinajstić information content (AvgIpc) is 2.89. The molecule has 1 aromatic carbocycles. The second-order valence-electron chi connectivity index (χ2n) is 4.72. The van der Waals surface area contributed by atoms with Gasteiger partial charge in [0, 0.05) is 6.42 Å². The molecular weight excluding hydrogens is 240 g/mol. The SMILES string of the molecule is CCCCCCC(=O)/C=C/c1ccc2c(c1)OCO2.